The minimum Gasteiger partial charge on any atom is -0.480 e. The summed E-state index contributed by atoms with van der Waals surface area (Å²) in [4.78, 5) is 38.5. The Morgan fingerprint density at radius 1 is 1.38 bits per heavy atom. The lowest BCUT2D eigenvalue weighted by Gasteiger charge is -2.43. The number of nitro benzene ring substituents is 1. The molecule has 1 atom stereocenters. The van der Waals surface area contributed by atoms with Crippen molar-refractivity contribution >= 4 is 29.2 Å². The maximum absolute atomic E-state index is 13.2. The highest BCUT2D eigenvalue weighted by atomic mass is 35.5. The molecule has 0 saturated carbocycles. The number of likely N-dealkylation sites (tertiary alicyclic amines) is 1. The quantitative estimate of drug-likeness (QED) is 0.622. The normalized spacial score (nSPS) is 22.5. The largest absolute Gasteiger partial charge is 0.480 e. The van der Waals surface area contributed by atoms with Crippen LogP contribution in [0.3, 0.4) is 0 Å². The lowest BCUT2D eigenvalue weighted by Crippen LogP contribution is -2.57. The summed E-state index contributed by atoms with van der Waals surface area (Å²) in [5.41, 5.74) is -1.43. The van der Waals surface area contributed by atoms with E-state index in [0.717, 1.165) is 6.07 Å². The molecule has 140 valence electrons. The van der Waals surface area contributed by atoms with Gasteiger partial charge in [0, 0.05) is 38.1 Å². The summed E-state index contributed by atoms with van der Waals surface area (Å²) in [5.74, 6) is -1.86. The minimum atomic E-state index is -1.18. The lowest BCUT2D eigenvalue weighted by atomic mass is 9.97. The summed E-state index contributed by atoms with van der Waals surface area (Å²) in [7, 11) is 1.93. The van der Waals surface area contributed by atoms with Gasteiger partial charge in [0.15, 0.2) is 6.04 Å². The van der Waals surface area contributed by atoms with Crippen LogP contribution in [-0.4, -0.2) is 70.2 Å². The van der Waals surface area contributed by atoms with Gasteiger partial charge in [-0.3, -0.25) is 19.8 Å². The third-order valence-electron chi connectivity index (χ3n) is 4.92. The molecule has 2 aliphatic rings. The molecule has 0 bridgehead atoms. The van der Waals surface area contributed by atoms with Crippen LogP contribution < -0.4 is 0 Å². The minimum absolute atomic E-state index is 0.0275. The number of nitrogens with zero attached hydrogens (tertiary/aromatic N) is 3. The molecule has 9 nitrogen and oxygen atoms in total. The highest BCUT2D eigenvalue weighted by Gasteiger charge is 2.54. The molecule has 1 amide bonds. The van der Waals surface area contributed by atoms with Crippen molar-refractivity contribution in [3.05, 3.63) is 38.9 Å². The van der Waals surface area contributed by atoms with Gasteiger partial charge >= 0.3 is 5.97 Å². The molecule has 10 heteroatoms. The van der Waals surface area contributed by atoms with Crippen LogP contribution in [0.2, 0.25) is 5.02 Å². The number of hydrogen-bond acceptors (Lipinski definition) is 6. The van der Waals surface area contributed by atoms with Gasteiger partial charge in [-0.25, -0.2) is 4.79 Å². The van der Waals surface area contributed by atoms with Crippen molar-refractivity contribution in [2.75, 3.05) is 26.7 Å². The average Bonchev–Trinajstić information content (AvgIpc) is 2.96. The van der Waals surface area contributed by atoms with Crippen LogP contribution in [0.1, 0.15) is 23.2 Å². The molecule has 1 spiro atoms. The smallest absolute Gasteiger partial charge is 0.328 e. The molecule has 26 heavy (non-hydrogen) atoms. The second kappa shape index (κ2) is 6.82. The van der Waals surface area contributed by atoms with Crippen molar-refractivity contribution in [1.29, 1.82) is 0 Å². The fourth-order valence-electron chi connectivity index (χ4n) is 3.44. The zero-order valence-electron chi connectivity index (χ0n) is 14.1. The van der Waals surface area contributed by atoms with Gasteiger partial charge in [-0.15, -0.1) is 0 Å². The third kappa shape index (κ3) is 3.13. The summed E-state index contributed by atoms with van der Waals surface area (Å²) in [6.45, 7) is 1.15. The van der Waals surface area contributed by atoms with E-state index in [2.05, 4.69) is 4.90 Å². The molecule has 2 fully saturated rings. The molecule has 1 aromatic carbocycles. The van der Waals surface area contributed by atoms with Crippen molar-refractivity contribution in [2.45, 2.75) is 24.6 Å². The monoisotopic (exact) mass is 383 g/mol. The number of amides is 1. The standard InChI is InChI=1S/C16H18ClN3O6/c1-18-6-4-16(5-7-18)19(13(9-26-16)15(22)23)14(21)11-8-10(20(24)25)2-3-12(11)17/h2-3,8,13H,4-7,9H2,1H3,(H,22,23). The average molecular weight is 384 g/mol. The molecule has 2 saturated heterocycles. The summed E-state index contributed by atoms with van der Waals surface area (Å²) in [6, 6.07) is 2.37. The van der Waals surface area contributed by atoms with Gasteiger partial charge in [-0.05, 0) is 13.1 Å². The highest BCUT2D eigenvalue weighted by Crippen LogP contribution is 2.39. The van der Waals surface area contributed by atoms with Gasteiger partial charge < -0.3 is 14.7 Å². The summed E-state index contributed by atoms with van der Waals surface area (Å²) in [6.07, 6.45) is 0.900. The highest BCUT2D eigenvalue weighted by molar-refractivity contribution is 6.34. The molecule has 3 rings (SSSR count). The first kappa shape index (κ1) is 18.6. The number of carbonyl (C=O) groups is 2. The van der Waals surface area contributed by atoms with Crippen LogP contribution in [0, 0.1) is 10.1 Å². The van der Waals surface area contributed by atoms with Gasteiger partial charge in [0.1, 0.15) is 5.72 Å². The number of ether oxygens (including phenoxy) is 1. The Bertz CT molecular complexity index is 762. The van der Waals surface area contributed by atoms with Gasteiger partial charge in [0.05, 0.1) is 22.1 Å². The van der Waals surface area contributed by atoms with Crippen LogP contribution in [0.25, 0.3) is 0 Å². The lowest BCUT2D eigenvalue weighted by molar-refractivity contribution is -0.384. The summed E-state index contributed by atoms with van der Waals surface area (Å²) < 4.78 is 5.80. The van der Waals surface area contributed by atoms with E-state index in [4.69, 9.17) is 16.3 Å². The molecule has 2 heterocycles. The fraction of sp³-hybridized carbons (Fsp3) is 0.500. The second-order valence-electron chi connectivity index (χ2n) is 6.51. The molecular weight excluding hydrogens is 366 g/mol. The number of rotatable bonds is 3. The van der Waals surface area contributed by atoms with Crippen LogP contribution >= 0.6 is 11.6 Å². The number of non-ortho nitro benzene ring substituents is 1. The van der Waals surface area contributed by atoms with Crippen LogP contribution in [0.5, 0.6) is 0 Å². The van der Waals surface area contributed by atoms with Crippen molar-refractivity contribution < 1.29 is 24.4 Å². The molecule has 0 aliphatic carbocycles. The van der Waals surface area contributed by atoms with Crippen molar-refractivity contribution in [3.8, 4) is 0 Å². The second-order valence-corrected chi connectivity index (χ2v) is 6.92. The Kier molecular flexibility index (Phi) is 4.87. The van der Waals surface area contributed by atoms with Crippen LogP contribution in [0.4, 0.5) is 5.69 Å². The number of hydrogen-bond donors (Lipinski definition) is 1. The summed E-state index contributed by atoms with van der Waals surface area (Å²) >= 11 is 6.09. The molecule has 1 unspecified atom stereocenters. The molecule has 0 aromatic heterocycles. The van der Waals surface area contributed by atoms with Crippen LogP contribution in [0.15, 0.2) is 18.2 Å². The predicted molar refractivity (Wildman–Crippen MR) is 91.1 cm³/mol. The van der Waals surface area contributed by atoms with Crippen molar-refractivity contribution in [2.24, 2.45) is 0 Å². The number of benzene rings is 1. The number of halogens is 1. The Morgan fingerprint density at radius 3 is 2.62 bits per heavy atom. The first-order valence-electron chi connectivity index (χ1n) is 8.08. The van der Waals surface area contributed by atoms with Crippen molar-refractivity contribution in [3.63, 3.8) is 0 Å². The fourth-order valence-corrected chi connectivity index (χ4v) is 3.64. The van der Waals surface area contributed by atoms with Gasteiger partial charge in [-0.1, -0.05) is 11.6 Å². The Labute approximate surface area is 154 Å². The number of carbonyl (C=O) groups excluding carboxylic acids is 1. The zero-order chi connectivity index (χ0) is 19.1. The van der Waals surface area contributed by atoms with E-state index >= 15 is 0 Å². The van der Waals surface area contributed by atoms with E-state index in [9.17, 15) is 24.8 Å². The Morgan fingerprint density at radius 2 is 2.04 bits per heavy atom. The third-order valence-corrected chi connectivity index (χ3v) is 5.25. The van der Waals surface area contributed by atoms with E-state index < -0.39 is 28.6 Å². The first-order chi connectivity index (χ1) is 12.2. The SMILES string of the molecule is CN1CCC2(CC1)OCC(C(=O)O)N2C(=O)c1cc([N+](=O)[O-])ccc1Cl. The van der Waals surface area contributed by atoms with Gasteiger partial charge in [-0.2, -0.15) is 0 Å². The predicted octanol–water partition coefficient (Wildman–Crippen LogP) is 1.60. The van der Waals surface area contributed by atoms with Crippen LogP contribution in [-0.2, 0) is 9.53 Å². The number of carboxylic acids is 1. The molecule has 1 aromatic rings. The van der Waals surface area contributed by atoms with Crippen molar-refractivity contribution in [1.82, 2.24) is 9.80 Å². The van der Waals surface area contributed by atoms with Gasteiger partial charge in [0.2, 0.25) is 0 Å². The van der Waals surface area contributed by atoms with E-state index in [1.54, 1.807) is 0 Å². The maximum atomic E-state index is 13.2. The number of nitro groups is 1. The molecular formula is C16H18ClN3O6. The first-order valence-corrected chi connectivity index (χ1v) is 8.46. The Hall–Kier alpha value is -2.23. The zero-order valence-corrected chi connectivity index (χ0v) is 14.8. The Balaban J connectivity index is 2.02. The number of piperidine rings is 1. The summed E-state index contributed by atoms with van der Waals surface area (Å²) in [5, 5.41) is 20.6. The molecule has 1 N–H and O–H groups in total. The van der Waals surface area contributed by atoms with Gasteiger partial charge in [0.25, 0.3) is 11.6 Å². The number of carboxylic acid groups (broad SMARTS) is 1. The topological polar surface area (TPSA) is 113 Å². The van der Waals surface area contributed by atoms with E-state index in [0.29, 0.717) is 25.9 Å². The molecule has 0 radical (unpaired) electrons. The van der Waals surface area contributed by atoms with E-state index in [1.165, 1.54) is 17.0 Å². The molecule has 2 aliphatic heterocycles. The van der Waals surface area contributed by atoms with E-state index in [-0.39, 0.29) is 22.9 Å². The van der Waals surface area contributed by atoms with E-state index in [1.807, 2.05) is 7.05 Å². The number of aliphatic carboxylic acids is 1. The maximum Gasteiger partial charge on any atom is 0.328 e.